The van der Waals surface area contributed by atoms with Gasteiger partial charge in [0, 0.05) is 22.9 Å². The molecule has 1 aromatic heterocycles. The molecule has 4 aromatic carbocycles. The molecule has 0 aliphatic carbocycles. The molecule has 0 unspecified atom stereocenters. The summed E-state index contributed by atoms with van der Waals surface area (Å²) in [6.45, 7) is 2.54. The maximum atomic E-state index is 14.9. The van der Waals surface area contributed by atoms with Crippen molar-refractivity contribution >= 4 is 38.5 Å². The van der Waals surface area contributed by atoms with E-state index in [4.69, 9.17) is 5.73 Å². The lowest BCUT2D eigenvalue weighted by Gasteiger charge is -2.10. The highest BCUT2D eigenvalue weighted by atomic mass is 19.1. The molecule has 0 fully saturated rings. The number of halogens is 1. The summed E-state index contributed by atoms with van der Waals surface area (Å²) in [4.78, 5) is 12.0. The number of aryl methyl sites for hydroxylation is 1. The number of nitrogens with zero attached hydrogens (tertiary/aromatic N) is 1. The molecule has 1 heterocycles. The Bertz CT molecular complexity index is 1430. The predicted octanol–water partition coefficient (Wildman–Crippen LogP) is 5.34. The zero-order valence-electron chi connectivity index (χ0n) is 15.9. The molecule has 5 rings (SSSR count). The zero-order chi connectivity index (χ0) is 20.1. The van der Waals surface area contributed by atoms with Gasteiger partial charge < -0.3 is 10.3 Å². The maximum Gasteiger partial charge on any atom is 0.249 e. The second kappa shape index (κ2) is 6.45. The van der Waals surface area contributed by atoms with E-state index in [0.717, 1.165) is 16.5 Å². The van der Waals surface area contributed by atoms with Crippen molar-refractivity contribution in [1.29, 1.82) is 0 Å². The topological polar surface area (TPSA) is 48.0 Å². The molecule has 5 aromatic rings. The van der Waals surface area contributed by atoms with Gasteiger partial charge >= 0.3 is 0 Å². The molecule has 0 saturated heterocycles. The van der Waals surface area contributed by atoms with Crippen LogP contribution in [0.2, 0.25) is 0 Å². The van der Waals surface area contributed by atoms with Crippen molar-refractivity contribution in [2.24, 2.45) is 5.73 Å². The first-order chi connectivity index (χ1) is 14.0. The van der Waals surface area contributed by atoms with Crippen LogP contribution >= 0.6 is 0 Å². The summed E-state index contributed by atoms with van der Waals surface area (Å²) in [7, 11) is 0. The highest BCUT2D eigenvalue weighted by Crippen LogP contribution is 2.33. The molecule has 0 spiro atoms. The molecule has 0 bridgehead atoms. The summed E-state index contributed by atoms with van der Waals surface area (Å²) in [6, 6.07) is 24.0. The monoisotopic (exact) mass is 381 g/mol. The van der Waals surface area contributed by atoms with Crippen LogP contribution in [-0.4, -0.2) is 10.5 Å². The van der Waals surface area contributed by atoms with Crippen LogP contribution < -0.4 is 5.73 Å². The van der Waals surface area contributed by atoms with Crippen molar-refractivity contribution < 1.29 is 9.18 Å². The molecular formula is C25H18FN2O. The third-order valence-corrected chi connectivity index (χ3v) is 5.44. The van der Waals surface area contributed by atoms with Crippen molar-refractivity contribution in [1.82, 2.24) is 4.57 Å². The molecule has 0 saturated carbocycles. The highest BCUT2D eigenvalue weighted by Gasteiger charge is 2.19. The Balaban J connectivity index is 1.77. The second-order valence-corrected chi connectivity index (χ2v) is 7.38. The van der Waals surface area contributed by atoms with Gasteiger partial charge in [-0.15, -0.1) is 0 Å². The largest absolute Gasteiger partial charge is 0.366 e. The molecule has 0 aliphatic heterocycles. The van der Waals surface area contributed by atoms with Crippen LogP contribution in [0.1, 0.15) is 21.5 Å². The maximum absolute atomic E-state index is 14.9. The van der Waals surface area contributed by atoms with Gasteiger partial charge in [0.2, 0.25) is 5.91 Å². The third-order valence-electron chi connectivity index (χ3n) is 5.44. The van der Waals surface area contributed by atoms with E-state index < -0.39 is 5.91 Å². The summed E-state index contributed by atoms with van der Waals surface area (Å²) in [5.74, 6) is -0.879. The van der Waals surface area contributed by atoms with E-state index in [1.165, 1.54) is 23.1 Å². The molecular weight excluding hydrogens is 363 g/mol. The third kappa shape index (κ3) is 2.76. The lowest BCUT2D eigenvalue weighted by Crippen LogP contribution is -2.11. The van der Waals surface area contributed by atoms with Crippen LogP contribution in [0.3, 0.4) is 0 Å². The Hall–Kier alpha value is -3.66. The van der Waals surface area contributed by atoms with E-state index >= 15 is 0 Å². The van der Waals surface area contributed by atoms with E-state index in [9.17, 15) is 9.18 Å². The Labute approximate surface area is 167 Å². The Morgan fingerprint density at radius 1 is 1.07 bits per heavy atom. The fourth-order valence-electron chi connectivity index (χ4n) is 4.13. The van der Waals surface area contributed by atoms with Crippen LogP contribution in [0.5, 0.6) is 0 Å². The second-order valence-electron chi connectivity index (χ2n) is 7.38. The van der Waals surface area contributed by atoms with Crippen molar-refractivity contribution in [3.63, 3.8) is 0 Å². The average molecular weight is 381 g/mol. The smallest absolute Gasteiger partial charge is 0.249 e. The number of nitrogens with two attached hydrogens (primary N) is 1. The van der Waals surface area contributed by atoms with E-state index in [0.29, 0.717) is 28.4 Å². The fourth-order valence-corrected chi connectivity index (χ4v) is 4.13. The first kappa shape index (κ1) is 17.4. The predicted molar refractivity (Wildman–Crippen MR) is 115 cm³/mol. The normalized spacial score (nSPS) is 11.5. The zero-order valence-corrected chi connectivity index (χ0v) is 15.9. The molecule has 0 atom stereocenters. The number of carbonyl (C=O) groups excluding carboxylic acids is 1. The molecule has 3 nitrogen and oxygen atoms in total. The van der Waals surface area contributed by atoms with Crippen LogP contribution in [0.25, 0.3) is 32.6 Å². The molecule has 1 amide bonds. The quantitative estimate of drug-likeness (QED) is 0.450. The molecule has 4 heteroatoms. The van der Waals surface area contributed by atoms with E-state index in [2.05, 4.69) is 49.4 Å². The number of hydrogen-bond acceptors (Lipinski definition) is 1. The number of carbonyl (C=O) groups is 1. The van der Waals surface area contributed by atoms with E-state index in [-0.39, 0.29) is 5.82 Å². The van der Waals surface area contributed by atoms with Crippen molar-refractivity contribution in [2.75, 3.05) is 0 Å². The molecule has 29 heavy (non-hydrogen) atoms. The van der Waals surface area contributed by atoms with Crippen LogP contribution in [0.15, 0.2) is 66.7 Å². The number of amides is 1. The first-order valence-electron chi connectivity index (χ1n) is 9.43. The van der Waals surface area contributed by atoms with Gasteiger partial charge in [0.15, 0.2) is 0 Å². The van der Waals surface area contributed by atoms with Crippen molar-refractivity contribution in [3.8, 4) is 0 Å². The van der Waals surface area contributed by atoms with Gasteiger partial charge in [-0.2, -0.15) is 0 Å². The summed E-state index contributed by atoms with van der Waals surface area (Å²) >= 11 is 0. The molecule has 1 radical (unpaired) electrons. The minimum atomic E-state index is -0.534. The standard InChI is InChI=1S/C25H18FN2O/c1-15-8-10-18-13-16(9-11-17(18)12-15)14-28-22-7-3-5-20(25(27)29)23(22)19-4-2-6-21(26)24(19)28/h2-3,5-13H,14H2,1H3,(H2,27,29). The number of hydrogen-bond donors (Lipinski definition) is 1. The first-order valence-corrected chi connectivity index (χ1v) is 9.43. The summed E-state index contributed by atoms with van der Waals surface area (Å²) in [5, 5.41) is 3.53. The summed E-state index contributed by atoms with van der Waals surface area (Å²) in [5.41, 5.74) is 9.42. The number of benzene rings is 4. The Morgan fingerprint density at radius 2 is 1.86 bits per heavy atom. The van der Waals surface area contributed by atoms with Crippen LogP contribution in [0, 0.1) is 18.8 Å². The molecule has 0 aliphatic rings. The lowest BCUT2D eigenvalue weighted by molar-refractivity contribution is 0.100. The minimum absolute atomic E-state index is 0.346. The molecule has 2 N–H and O–H groups in total. The van der Waals surface area contributed by atoms with Gasteiger partial charge in [-0.3, -0.25) is 4.79 Å². The van der Waals surface area contributed by atoms with Gasteiger partial charge in [-0.1, -0.05) is 48.0 Å². The van der Waals surface area contributed by atoms with Gasteiger partial charge in [0.1, 0.15) is 5.82 Å². The number of rotatable bonds is 3. The minimum Gasteiger partial charge on any atom is -0.366 e. The Kier molecular flexibility index (Phi) is 3.88. The van der Waals surface area contributed by atoms with E-state index in [1.54, 1.807) is 12.1 Å². The van der Waals surface area contributed by atoms with Crippen molar-refractivity contribution in [3.05, 3.63) is 95.3 Å². The van der Waals surface area contributed by atoms with Gasteiger partial charge in [0.25, 0.3) is 0 Å². The van der Waals surface area contributed by atoms with Crippen LogP contribution in [-0.2, 0) is 6.54 Å². The SMILES string of the molecule is Cc1ccc2cc(Cn3c4cccc(C(N)=O)c4c4[c]ccc(F)c43)ccc2c1. The van der Waals surface area contributed by atoms with Gasteiger partial charge in [-0.05, 0) is 53.6 Å². The lowest BCUT2D eigenvalue weighted by atomic mass is 10.0. The number of aromatic nitrogens is 1. The Morgan fingerprint density at radius 3 is 2.69 bits per heavy atom. The van der Waals surface area contributed by atoms with Gasteiger partial charge in [-0.25, -0.2) is 4.39 Å². The van der Waals surface area contributed by atoms with Crippen molar-refractivity contribution in [2.45, 2.75) is 13.5 Å². The van der Waals surface area contributed by atoms with E-state index in [1.807, 2.05) is 10.6 Å². The summed E-state index contributed by atoms with van der Waals surface area (Å²) in [6.07, 6.45) is 0. The number of primary amides is 1. The molecule has 141 valence electrons. The van der Waals surface area contributed by atoms with Crippen LogP contribution in [0.4, 0.5) is 4.39 Å². The average Bonchev–Trinajstić information content (AvgIpc) is 3.03. The summed E-state index contributed by atoms with van der Waals surface area (Å²) < 4.78 is 16.8. The highest BCUT2D eigenvalue weighted by molar-refractivity contribution is 6.17. The van der Waals surface area contributed by atoms with Gasteiger partial charge in [0.05, 0.1) is 11.0 Å². The number of fused-ring (bicyclic) bond motifs is 4. The fraction of sp³-hybridized carbons (Fsp3) is 0.0800.